The van der Waals surface area contributed by atoms with Gasteiger partial charge in [0.1, 0.15) is 11.6 Å². The molecule has 5 heteroatoms. The molecular weight excluding hydrogens is 286 g/mol. The number of hydrogen-bond donors (Lipinski definition) is 1. The number of aromatic nitrogens is 2. The predicted molar refractivity (Wildman–Crippen MR) is 85.9 cm³/mol. The normalized spacial score (nSPS) is 10.8. The molecule has 0 spiro atoms. The van der Waals surface area contributed by atoms with Gasteiger partial charge in [0.05, 0.1) is 6.61 Å². The molecule has 0 fully saturated rings. The van der Waals surface area contributed by atoms with E-state index in [0.717, 1.165) is 48.1 Å². The van der Waals surface area contributed by atoms with Crippen LogP contribution >= 0.6 is 11.6 Å². The molecule has 0 aliphatic rings. The Kier molecular flexibility index (Phi) is 6.08. The second-order valence-electron chi connectivity index (χ2n) is 4.95. The van der Waals surface area contributed by atoms with Gasteiger partial charge in [-0.1, -0.05) is 24.6 Å². The maximum Gasteiger partial charge on any atom is 0.125 e. The predicted octanol–water partition coefficient (Wildman–Crippen LogP) is 3.19. The summed E-state index contributed by atoms with van der Waals surface area (Å²) in [4.78, 5) is 4.29. The molecule has 0 bridgehead atoms. The summed E-state index contributed by atoms with van der Waals surface area (Å²) >= 11 is 6.28. The first-order chi connectivity index (χ1) is 10.2. The van der Waals surface area contributed by atoms with Gasteiger partial charge in [-0.3, -0.25) is 0 Å². The zero-order valence-electron chi connectivity index (χ0n) is 12.6. The van der Waals surface area contributed by atoms with Crippen molar-refractivity contribution in [3.05, 3.63) is 47.0 Å². The molecule has 0 aliphatic carbocycles. The minimum Gasteiger partial charge on any atom is -0.493 e. The van der Waals surface area contributed by atoms with Crippen LogP contribution in [0, 0.1) is 0 Å². The first-order valence-electron chi connectivity index (χ1n) is 7.29. The second kappa shape index (κ2) is 8.05. The fourth-order valence-electron chi connectivity index (χ4n) is 2.13. The molecule has 21 heavy (non-hydrogen) atoms. The maximum absolute atomic E-state index is 6.28. The molecule has 0 amide bonds. The van der Waals surface area contributed by atoms with Gasteiger partial charge in [-0.25, -0.2) is 4.98 Å². The van der Waals surface area contributed by atoms with Gasteiger partial charge < -0.3 is 14.6 Å². The van der Waals surface area contributed by atoms with Crippen LogP contribution in [-0.2, 0) is 20.0 Å². The first kappa shape index (κ1) is 15.9. The number of benzene rings is 1. The van der Waals surface area contributed by atoms with Crippen LogP contribution in [0.3, 0.4) is 0 Å². The first-order valence-corrected chi connectivity index (χ1v) is 7.67. The highest BCUT2D eigenvalue weighted by Gasteiger charge is 2.08. The summed E-state index contributed by atoms with van der Waals surface area (Å²) in [5, 5.41) is 4.11. The Morgan fingerprint density at radius 1 is 1.38 bits per heavy atom. The van der Waals surface area contributed by atoms with E-state index in [-0.39, 0.29) is 0 Å². The third kappa shape index (κ3) is 4.48. The average Bonchev–Trinajstić information content (AvgIpc) is 2.87. The van der Waals surface area contributed by atoms with E-state index in [0.29, 0.717) is 6.61 Å². The van der Waals surface area contributed by atoms with E-state index < -0.39 is 0 Å². The molecule has 2 rings (SSSR count). The number of imidazole rings is 1. The molecule has 0 saturated carbocycles. The third-order valence-electron chi connectivity index (χ3n) is 3.31. The van der Waals surface area contributed by atoms with Crippen molar-refractivity contribution in [1.82, 2.24) is 14.9 Å². The topological polar surface area (TPSA) is 39.1 Å². The van der Waals surface area contributed by atoms with Crippen molar-refractivity contribution in [2.24, 2.45) is 7.05 Å². The molecule has 4 nitrogen and oxygen atoms in total. The molecule has 1 aromatic heterocycles. The van der Waals surface area contributed by atoms with Crippen molar-refractivity contribution >= 4 is 11.6 Å². The van der Waals surface area contributed by atoms with Crippen molar-refractivity contribution in [2.45, 2.75) is 26.3 Å². The smallest absolute Gasteiger partial charge is 0.125 e. The van der Waals surface area contributed by atoms with Crippen LogP contribution in [0.25, 0.3) is 0 Å². The van der Waals surface area contributed by atoms with Crippen molar-refractivity contribution in [1.29, 1.82) is 0 Å². The molecule has 0 aliphatic heterocycles. The Labute approximate surface area is 131 Å². The van der Waals surface area contributed by atoms with Gasteiger partial charge in [-0.2, -0.15) is 0 Å². The Balaban J connectivity index is 1.95. The lowest BCUT2D eigenvalue weighted by atomic mass is 10.2. The molecule has 114 valence electrons. The van der Waals surface area contributed by atoms with E-state index in [1.165, 1.54) is 0 Å². The fraction of sp³-hybridized carbons (Fsp3) is 0.438. The van der Waals surface area contributed by atoms with E-state index in [9.17, 15) is 0 Å². The highest BCUT2D eigenvalue weighted by Crippen LogP contribution is 2.26. The van der Waals surface area contributed by atoms with Crippen LogP contribution in [0.2, 0.25) is 5.02 Å². The van der Waals surface area contributed by atoms with Crippen molar-refractivity contribution in [3.63, 3.8) is 0 Å². The number of hydrogen-bond acceptors (Lipinski definition) is 3. The van der Waals surface area contributed by atoms with Crippen LogP contribution in [0.5, 0.6) is 5.75 Å². The third-order valence-corrected chi connectivity index (χ3v) is 3.66. The SMILES string of the molecule is CCCNCc1c(Cl)cccc1OCCc1nccn1C. The standard InChI is InChI=1S/C16H22ClN3O/c1-3-8-18-12-13-14(17)5-4-6-15(13)21-11-7-16-19-9-10-20(16)2/h4-6,9-10,18H,3,7-8,11-12H2,1-2H3. The summed E-state index contributed by atoms with van der Waals surface area (Å²) in [6, 6.07) is 5.78. The number of rotatable bonds is 8. The quantitative estimate of drug-likeness (QED) is 0.761. The second-order valence-corrected chi connectivity index (χ2v) is 5.35. The summed E-state index contributed by atoms with van der Waals surface area (Å²) in [6.07, 6.45) is 5.61. The Hall–Kier alpha value is -1.52. The van der Waals surface area contributed by atoms with Crippen LogP contribution < -0.4 is 10.1 Å². The Morgan fingerprint density at radius 3 is 2.95 bits per heavy atom. The maximum atomic E-state index is 6.28. The van der Waals surface area contributed by atoms with E-state index in [1.807, 2.05) is 36.0 Å². The molecule has 1 N–H and O–H groups in total. The van der Waals surface area contributed by atoms with Crippen molar-refractivity contribution in [3.8, 4) is 5.75 Å². The largest absolute Gasteiger partial charge is 0.493 e. The minimum absolute atomic E-state index is 0.589. The highest BCUT2D eigenvalue weighted by molar-refractivity contribution is 6.31. The van der Waals surface area contributed by atoms with Gasteiger partial charge >= 0.3 is 0 Å². The molecule has 0 radical (unpaired) electrons. The molecule has 0 atom stereocenters. The molecule has 1 aromatic carbocycles. The van der Waals surface area contributed by atoms with E-state index >= 15 is 0 Å². The lowest BCUT2D eigenvalue weighted by Gasteiger charge is -2.13. The number of nitrogens with one attached hydrogen (secondary N) is 1. The zero-order chi connectivity index (χ0) is 15.1. The average molecular weight is 308 g/mol. The van der Waals surface area contributed by atoms with Crippen LogP contribution in [0.15, 0.2) is 30.6 Å². The summed E-state index contributed by atoms with van der Waals surface area (Å²) in [5.74, 6) is 1.86. The number of nitrogens with zero attached hydrogens (tertiary/aromatic N) is 2. The van der Waals surface area contributed by atoms with Crippen LogP contribution in [0.1, 0.15) is 24.7 Å². The van der Waals surface area contributed by atoms with Gasteiger partial charge in [0.2, 0.25) is 0 Å². The molecule has 1 heterocycles. The molecular formula is C16H22ClN3O. The number of halogens is 1. The Morgan fingerprint density at radius 2 is 2.24 bits per heavy atom. The zero-order valence-corrected chi connectivity index (χ0v) is 13.4. The van der Waals surface area contributed by atoms with E-state index in [1.54, 1.807) is 6.20 Å². The van der Waals surface area contributed by atoms with Crippen LogP contribution in [0.4, 0.5) is 0 Å². The van der Waals surface area contributed by atoms with Gasteiger partial charge in [0, 0.05) is 43.0 Å². The molecule has 2 aromatic rings. The number of ether oxygens (including phenoxy) is 1. The minimum atomic E-state index is 0.589. The Bertz CT molecular complexity index is 568. The molecule has 0 saturated heterocycles. The molecule has 0 unspecified atom stereocenters. The van der Waals surface area contributed by atoms with Crippen molar-refractivity contribution < 1.29 is 4.74 Å². The number of aryl methyl sites for hydroxylation is 1. The summed E-state index contributed by atoms with van der Waals surface area (Å²) in [7, 11) is 1.99. The highest BCUT2D eigenvalue weighted by atomic mass is 35.5. The summed E-state index contributed by atoms with van der Waals surface area (Å²) < 4.78 is 7.90. The monoisotopic (exact) mass is 307 g/mol. The van der Waals surface area contributed by atoms with Gasteiger partial charge in [0.15, 0.2) is 0 Å². The van der Waals surface area contributed by atoms with Gasteiger partial charge in [-0.15, -0.1) is 0 Å². The summed E-state index contributed by atoms with van der Waals surface area (Å²) in [5.41, 5.74) is 1.02. The lowest BCUT2D eigenvalue weighted by molar-refractivity contribution is 0.313. The fourth-order valence-corrected chi connectivity index (χ4v) is 2.36. The summed E-state index contributed by atoms with van der Waals surface area (Å²) in [6.45, 7) is 4.43. The lowest BCUT2D eigenvalue weighted by Crippen LogP contribution is -2.15. The van der Waals surface area contributed by atoms with Crippen LogP contribution in [-0.4, -0.2) is 22.7 Å². The van der Waals surface area contributed by atoms with Gasteiger partial charge in [-0.05, 0) is 25.1 Å². The van der Waals surface area contributed by atoms with E-state index in [2.05, 4.69) is 17.2 Å². The van der Waals surface area contributed by atoms with E-state index in [4.69, 9.17) is 16.3 Å². The van der Waals surface area contributed by atoms with Crippen molar-refractivity contribution in [2.75, 3.05) is 13.2 Å². The van der Waals surface area contributed by atoms with Gasteiger partial charge in [0.25, 0.3) is 0 Å².